The lowest BCUT2D eigenvalue weighted by Gasteiger charge is -2.15. The molecule has 0 aliphatic heterocycles. The fourth-order valence-electron chi connectivity index (χ4n) is 1.69. The van der Waals surface area contributed by atoms with Gasteiger partial charge in [0, 0.05) is 0 Å². The first kappa shape index (κ1) is 7.04. The van der Waals surface area contributed by atoms with Crippen molar-refractivity contribution in [3.8, 4) is 0 Å². The summed E-state index contributed by atoms with van der Waals surface area (Å²) < 4.78 is 12.8. The molecule has 0 amide bonds. The minimum atomic E-state index is -0.495. The van der Waals surface area contributed by atoms with Crippen molar-refractivity contribution < 1.29 is 4.39 Å². The Morgan fingerprint density at radius 2 is 2.00 bits per heavy atom. The van der Waals surface area contributed by atoms with Crippen LogP contribution >= 0.6 is 0 Å². The molecule has 0 saturated heterocycles. The highest BCUT2D eigenvalue weighted by molar-refractivity contribution is 4.78. The molecule has 0 nitrogen and oxygen atoms in total. The maximum atomic E-state index is 12.8. The number of alkyl halides is 1. The van der Waals surface area contributed by atoms with E-state index < -0.39 is 6.17 Å². The van der Waals surface area contributed by atoms with Crippen LogP contribution in [0, 0.1) is 11.8 Å². The second-order valence-electron chi connectivity index (χ2n) is 3.35. The molecular formula is C8H15F. The summed E-state index contributed by atoms with van der Waals surface area (Å²) in [6, 6.07) is 0. The van der Waals surface area contributed by atoms with Crippen molar-refractivity contribution in [3.05, 3.63) is 0 Å². The van der Waals surface area contributed by atoms with E-state index >= 15 is 0 Å². The molecule has 0 aromatic carbocycles. The van der Waals surface area contributed by atoms with E-state index in [1.54, 1.807) is 0 Å². The molecule has 1 aliphatic carbocycles. The predicted octanol–water partition coefficient (Wildman–Crippen LogP) is 2.78. The van der Waals surface area contributed by atoms with E-state index in [1.807, 2.05) is 0 Å². The van der Waals surface area contributed by atoms with Crippen molar-refractivity contribution in [1.29, 1.82) is 0 Å². The quantitative estimate of drug-likeness (QED) is 0.512. The van der Waals surface area contributed by atoms with Gasteiger partial charge in [-0.3, -0.25) is 0 Å². The third kappa shape index (κ3) is 1.44. The first-order valence-corrected chi connectivity index (χ1v) is 3.86. The second-order valence-corrected chi connectivity index (χ2v) is 3.35. The minimum absolute atomic E-state index is 0.366. The maximum Gasteiger partial charge on any atom is 0.103 e. The van der Waals surface area contributed by atoms with Crippen LogP contribution in [0.5, 0.6) is 0 Å². The maximum absolute atomic E-state index is 12.8. The van der Waals surface area contributed by atoms with Gasteiger partial charge in [0.05, 0.1) is 0 Å². The zero-order valence-electron chi connectivity index (χ0n) is 6.23. The lowest BCUT2D eigenvalue weighted by Crippen LogP contribution is -2.14. The monoisotopic (exact) mass is 130 g/mol. The Morgan fingerprint density at radius 1 is 1.33 bits per heavy atom. The number of halogens is 1. The fourth-order valence-corrected chi connectivity index (χ4v) is 1.69. The minimum Gasteiger partial charge on any atom is -0.247 e. The van der Waals surface area contributed by atoms with Gasteiger partial charge in [0.2, 0.25) is 0 Å². The molecule has 54 valence electrons. The zero-order chi connectivity index (χ0) is 6.85. The molecule has 1 fully saturated rings. The lowest BCUT2D eigenvalue weighted by atomic mass is 9.93. The molecule has 0 aromatic rings. The van der Waals surface area contributed by atoms with Crippen LogP contribution in [-0.2, 0) is 0 Å². The molecule has 0 N–H and O–H groups in total. The van der Waals surface area contributed by atoms with Gasteiger partial charge in [-0.15, -0.1) is 0 Å². The van der Waals surface area contributed by atoms with Crippen molar-refractivity contribution in [2.24, 2.45) is 11.8 Å². The Morgan fingerprint density at radius 3 is 2.22 bits per heavy atom. The van der Waals surface area contributed by atoms with E-state index in [2.05, 4.69) is 13.8 Å². The highest BCUT2D eigenvalue weighted by atomic mass is 19.1. The molecule has 1 rings (SSSR count). The van der Waals surface area contributed by atoms with Gasteiger partial charge >= 0.3 is 0 Å². The molecule has 0 radical (unpaired) electrons. The van der Waals surface area contributed by atoms with Gasteiger partial charge in [-0.1, -0.05) is 20.3 Å². The molecule has 1 heteroatoms. The van der Waals surface area contributed by atoms with Gasteiger partial charge in [-0.05, 0) is 24.7 Å². The van der Waals surface area contributed by atoms with Crippen LogP contribution in [0.3, 0.4) is 0 Å². The predicted molar refractivity (Wildman–Crippen MR) is 37.1 cm³/mol. The third-order valence-corrected chi connectivity index (χ3v) is 2.34. The van der Waals surface area contributed by atoms with Crippen LogP contribution in [0.1, 0.15) is 33.1 Å². The molecule has 0 spiro atoms. The van der Waals surface area contributed by atoms with Gasteiger partial charge in [0.25, 0.3) is 0 Å². The topological polar surface area (TPSA) is 0 Å². The smallest absolute Gasteiger partial charge is 0.103 e. The Labute approximate surface area is 56.5 Å². The zero-order valence-corrected chi connectivity index (χ0v) is 6.23. The van der Waals surface area contributed by atoms with Gasteiger partial charge in [-0.25, -0.2) is 4.39 Å². The highest BCUT2D eigenvalue weighted by Gasteiger charge is 2.28. The van der Waals surface area contributed by atoms with Gasteiger partial charge in [-0.2, -0.15) is 0 Å². The Kier molecular flexibility index (Phi) is 2.09. The molecule has 9 heavy (non-hydrogen) atoms. The SMILES string of the molecule is CC(C)[C@H]1CCC[C@H]1F. The number of rotatable bonds is 1. The van der Waals surface area contributed by atoms with Crippen molar-refractivity contribution >= 4 is 0 Å². The van der Waals surface area contributed by atoms with E-state index in [4.69, 9.17) is 0 Å². The van der Waals surface area contributed by atoms with E-state index in [-0.39, 0.29) is 0 Å². The molecule has 1 aliphatic rings. The average molecular weight is 130 g/mol. The number of hydrogen-bond donors (Lipinski definition) is 0. The Balaban J connectivity index is 2.40. The Bertz CT molecular complexity index is 88.6. The molecule has 0 aromatic heterocycles. The molecular weight excluding hydrogens is 115 g/mol. The van der Waals surface area contributed by atoms with E-state index in [1.165, 1.54) is 0 Å². The third-order valence-electron chi connectivity index (χ3n) is 2.34. The molecule has 0 heterocycles. The Hall–Kier alpha value is -0.0700. The van der Waals surface area contributed by atoms with Crippen molar-refractivity contribution in [2.75, 3.05) is 0 Å². The highest BCUT2D eigenvalue weighted by Crippen LogP contribution is 2.33. The summed E-state index contributed by atoms with van der Waals surface area (Å²) in [6.07, 6.45) is 2.52. The molecule has 2 atom stereocenters. The first-order valence-electron chi connectivity index (χ1n) is 3.86. The van der Waals surface area contributed by atoms with Crippen molar-refractivity contribution in [2.45, 2.75) is 39.3 Å². The first-order chi connectivity index (χ1) is 4.22. The van der Waals surface area contributed by atoms with E-state index in [0.717, 1.165) is 19.3 Å². The average Bonchev–Trinajstić information content (AvgIpc) is 2.13. The van der Waals surface area contributed by atoms with Crippen LogP contribution in [0.25, 0.3) is 0 Å². The van der Waals surface area contributed by atoms with Crippen LogP contribution in [0.4, 0.5) is 4.39 Å². The number of hydrogen-bond acceptors (Lipinski definition) is 0. The normalized spacial score (nSPS) is 36.0. The summed E-state index contributed by atoms with van der Waals surface area (Å²) >= 11 is 0. The summed E-state index contributed by atoms with van der Waals surface area (Å²) in [5.41, 5.74) is 0. The van der Waals surface area contributed by atoms with Gasteiger partial charge in [0.1, 0.15) is 6.17 Å². The molecule has 0 unspecified atom stereocenters. The van der Waals surface area contributed by atoms with E-state index in [0.29, 0.717) is 11.8 Å². The van der Waals surface area contributed by atoms with Crippen LogP contribution < -0.4 is 0 Å². The summed E-state index contributed by atoms with van der Waals surface area (Å²) in [4.78, 5) is 0. The summed E-state index contributed by atoms with van der Waals surface area (Å²) in [5, 5.41) is 0. The fraction of sp³-hybridized carbons (Fsp3) is 1.00. The summed E-state index contributed by atoms with van der Waals surface area (Å²) in [7, 11) is 0. The van der Waals surface area contributed by atoms with Gasteiger partial charge < -0.3 is 0 Å². The molecule has 0 bridgehead atoms. The van der Waals surface area contributed by atoms with Crippen molar-refractivity contribution in [3.63, 3.8) is 0 Å². The van der Waals surface area contributed by atoms with E-state index in [9.17, 15) is 4.39 Å². The second kappa shape index (κ2) is 2.68. The summed E-state index contributed by atoms with van der Waals surface area (Å²) in [6.45, 7) is 4.23. The molecule has 1 saturated carbocycles. The van der Waals surface area contributed by atoms with Gasteiger partial charge in [0.15, 0.2) is 0 Å². The van der Waals surface area contributed by atoms with Crippen LogP contribution in [-0.4, -0.2) is 6.17 Å². The van der Waals surface area contributed by atoms with Crippen LogP contribution in [0.2, 0.25) is 0 Å². The lowest BCUT2D eigenvalue weighted by molar-refractivity contribution is 0.215. The largest absolute Gasteiger partial charge is 0.247 e. The van der Waals surface area contributed by atoms with Crippen molar-refractivity contribution in [1.82, 2.24) is 0 Å². The van der Waals surface area contributed by atoms with Crippen LogP contribution in [0.15, 0.2) is 0 Å². The standard InChI is InChI=1S/C8H15F/c1-6(2)7-4-3-5-8(7)9/h6-8H,3-5H2,1-2H3/t7-,8-/m1/s1. The summed E-state index contributed by atoms with van der Waals surface area (Å²) in [5.74, 6) is 0.910.